The van der Waals surface area contributed by atoms with E-state index in [1.165, 1.54) is 51.4 Å². The molecule has 2 aliphatic heterocycles. The Bertz CT molecular complexity index is 1150. The molecule has 6 aliphatic carbocycles. The molecule has 2 N–H and O–H groups in total. The van der Waals surface area contributed by atoms with Gasteiger partial charge in [-0.25, -0.2) is 0 Å². The van der Waals surface area contributed by atoms with E-state index >= 15 is 0 Å². The maximum atomic E-state index is 12.8. The van der Waals surface area contributed by atoms with Crippen LogP contribution < -0.4 is 0 Å². The van der Waals surface area contributed by atoms with Crippen LogP contribution in [-0.4, -0.2) is 77.0 Å². The second-order valence-corrected chi connectivity index (χ2v) is 18.3. The first kappa shape index (κ1) is 30.6. The van der Waals surface area contributed by atoms with Crippen molar-refractivity contribution in [2.75, 3.05) is 19.7 Å². The van der Waals surface area contributed by atoms with Gasteiger partial charge in [-0.2, -0.15) is 0 Å². The zero-order valence-corrected chi connectivity index (χ0v) is 28.1. The minimum absolute atomic E-state index is 0.0877. The maximum Gasteiger partial charge on any atom is 0.223 e. The first-order chi connectivity index (χ1) is 20.8. The number of fused-ring (bicyclic) bond motifs is 4. The normalized spacial score (nSPS) is 50.0. The smallest absolute Gasteiger partial charge is 0.223 e. The third-order valence-corrected chi connectivity index (χ3v) is 15.5. The monoisotopic (exact) mass is 613 g/mol. The van der Waals surface area contributed by atoms with Crippen LogP contribution in [0.25, 0.3) is 0 Å². The fourth-order valence-corrected chi connectivity index (χ4v) is 13.0. The molecule has 12 atom stereocenters. The lowest BCUT2D eigenvalue weighted by Crippen LogP contribution is -2.56. The van der Waals surface area contributed by atoms with Gasteiger partial charge in [0, 0.05) is 13.0 Å². The molecule has 0 aromatic heterocycles. The van der Waals surface area contributed by atoms with Crippen molar-refractivity contribution in [3.63, 3.8) is 0 Å². The fraction of sp³-hybridized carbons (Fsp3) is 0.973. The van der Waals surface area contributed by atoms with Crippen LogP contribution in [0.2, 0.25) is 0 Å². The van der Waals surface area contributed by atoms with Gasteiger partial charge in [-0.1, -0.05) is 20.8 Å². The minimum atomic E-state index is -1.14. The highest BCUT2D eigenvalue weighted by atomic mass is 16.7. The Balaban J connectivity index is 0.953. The van der Waals surface area contributed by atoms with Crippen molar-refractivity contribution in [2.45, 2.75) is 154 Å². The molecule has 7 nitrogen and oxygen atoms in total. The van der Waals surface area contributed by atoms with Crippen molar-refractivity contribution in [1.29, 1.82) is 0 Å². The van der Waals surface area contributed by atoms with Crippen molar-refractivity contribution in [3.05, 3.63) is 0 Å². The molecule has 9 unspecified atom stereocenters. The summed E-state index contributed by atoms with van der Waals surface area (Å²) in [5.74, 6) is 3.64. The predicted molar refractivity (Wildman–Crippen MR) is 166 cm³/mol. The van der Waals surface area contributed by atoms with Gasteiger partial charge >= 0.3 is 0 Å². The molecule has 248 valence electrons. The quantitative estimate of drug-likeness (QED) is 0.400. The summed E-state index contributed by atoms with van der Waals surface area (Å²) in [4.78, 5) is 14.8. The summed E-state index contributed by atoms with van der Waals surface area (Å²) in [7, 11) is 0. The van der Waals surface area contributed by atoms with E-state index in [0.29, 0.717) is 66.0 Å². The zero-order chi connectivity index (χ0) is 30.9. The first-order valence-electron chi connectivity index (χ1n) is 18.4. The Morgan fingerprint density at radius 2 is 1.75 bits per heavy atom. The Labute approximate surface area is 265 Å². The number of carbonyl (C=O) groups is 1. The summed E-state index contributed by atoms with van der Waals surface area (Å²) in [5, 5.41) is 21.3. The Morgan fingerprint density at radius 1 is 0.977 bits per heavy atom. The van der Waals surface area contributed by atoms with Crippen LogP contribution in [-0.2, 0) is 19.0 Å². The van der Waals surface area contributed by atoms with Gasteiger partial charge in [-0.15, -0.1) is 0 Å². The van der Waals surface area contributed by atoms with Gasteiger partial charge in [0.15, 0.2) is 6.29 Å². The highest BCUT2D eigenvalue weighted by Crippen LogP contribution is 2.87. The second kappa shape index (κ2) is 10.1. The molecule has 8 rings (SSSR count). The van der Waals surface area contributed by atoms with Gasteiger partial charge in [-0.3, -0.25) is 4.79 Å². The average molecular weight is 614 g/mol. The minimum Gasteiger partial charge on any atom is -0.388 e. The molecular weight excluding hydrogens is 554 g/mol. The average Bonchev–Trinajstić information content (AvgIpc) is 3.89. The van der Waals surface area contributed by atoms with Gasteiger partial charge in [0.1, 0.15) is 6.10 Å². The molecule has 7 heteroatoms. The van der Waals surface area contributed by atoms with Crippen LogP contribution in [0.15, 0.2) is 0 Å². The van der Waals surface area contributed by atoms with Crippen LogP contribution in [0.5, 0.6) is 0 Å². The van der Waals surface area contributed by atoms with Crippen LogP contribution >= 0.6 is 0 Å². The molecule has 8 fully saturated rings. The van der Waals surface area contributed by atoms with E-state index in [0.717, 1.165) is 31.6 Å². The van der Waals surface area contributed by atoms with Crippen LogP contribution in [0.3, 0.4) is 0 Å². The molecule has 2 spiro atoms. The fourth-order valence-electron chi connectivity index (χ4n) is 13.0. The summed E-state index contributed by atoms with van der Waals surface area (Å²) < 4.78 is 19.6. The topological polar surface area (TPSA) is 88.5 Å². The lowest BCUT2D eigenvalue weighted by atomic mass is 9.46. The Hall–Kier alpha value is -0.730. The van der Waals surface area contributed by atoms with E-state index in [1.54, 1.807) is 13.8 Å². The summed E-state index contributed by atoms with van der Waals surface area (Å²) >= 11 is 0. The molecule has 6 saturated carbocycles. The van der Waals surface area contributed by atoms with Crippen LogP contribution in [0.1, 0.15) is 118 Å². The number of nitrogens with zero attached hydrogens (tertiary/aromatic N) is 1. The zero-order valence-electron chi connectivity index (χ0n) is 28.1. The SMILES string of the molecule is CC12CC[C@@]34CC35CC[C@H](OC3CN(C(=O)CC6CC6)CCO3)C(C)(C)C5CCC4C1CC1OC([C@H](O)C(C)(C)O)CCC12. The number of rotatable bonds is 6. The predicted octanol–water partition coefficient (Wildman–Crippen LogP) is 5.69. The molecule has 0 aromatic rings. The molecule has 0 aromatic carbocycles. The van der Waals surface area contributed by atoms with Crippen molar-refractivity contribution < 1.29 is 29.2 Å². The standard InChI is InChI=1S/C37H59NO6/c1-33(2)28-11-9-23-25-19-27-24(8-10-26(43-27)32(40)34(3,4)41)35(25,5)14-15-36(23)21-37(28,36)13-12-29(33)44-31-20-38(16-17-42-31)30(39)18-22-6-7-22/h22-29,31-32,40-41H,6-21H2,1-5H3/t23?,24?,25?,26?,27?,28?,29-,31?,32-,35?,36-,37?/m0/s1. The van der Waals surface area contributed by atoms with Crippen molar-refractivity contribution >= 4 is 5.91 Å². The van der Waals surface area contributed by atoms with Gasteiger partial charge in [0.25, 0.3) is 0 Å². The third-order valence-electron chi connectivity index (χ3n) is 15.5. The van der Waals surface area contributed by atoms with Crippen molar-refractivity contribution in [3.8, 4) is 0 Å². The highest BCUT2D eigenvalue weighted by molar-refractivity contribution is 5.76. The second-order valence-electron chi connectivity index (χ2n) is 18.3. The summed E-state index contributed by atoms with van der Waals surface area (Å²) in [6.45, 7) is 12.8. The van der Waals surface area contributed by atoms with Gasteiger partial charge in [-0.05, 0) is 142 Å². The van der Waals surface area contributed by atoms with E-state index in [-0.39, 0.29) is 35.9 Å². The maximum absolute atomic E-state index is 12.8. The number of aliphatic hydroxyl groups excluding tert-OH is 1. The lowest BCUT2D eigenvalue weighted by molar-refractivity contribution is -0.244. The largest absolute Gasteiger partial charge is 0.388 e. The van der Waals surface area contributed by atoms with Gasteiger partial charge in [0.2, 0.25) is 5.91 Å². The summed E-state index contributed by atoms with van der Waals surface area (Å²) in [6, 6.07) is 0. The Morgan fingerprint density at radius 3 is 2.50 bits per heavy atom. The lowest BCUT2D eigenvalue weighted by Gasteiger charge is -2.60. The molecular formula is C37H59NO6. The number of ether oxygens (including phenoxy) is 3. The molecule has 8 aliphatic rings. The number of carbonyl (C=O) groups excluding carboxylic acids is 1. The van der Waals surface area contributed by atoms with Crippen molar-refractivity contribution in [2.24, 2.45) is 51.2 Å². The number of aliphatic hydroxyl groups is 2. The van der Waals surface area contributed by atoms with Gasteiger partial charge < -0.3 is 29.3 Å². The summed E-state index contributed by atoms with van der Waals surface area (Å²) in [5.41, 5.74) is 0.216. The van der Waals surface area contributed by atoms with Crippen molar-refractivity contribution in [1.82, 2.24) is 4.90 Å². The molecule has 44 heavy (non-hydrogen) atoms. The van der Waals surface area contributed by atoms with E-state index in [9.17, 15) is 15.0 Å². The number of hydrogen-bond acceptors (Lipinski definition) is 6. The van der Waals surface area contributed by atoms with E-state index < -0.39 is 11.7 Å². The van der Waals surface area contributed by atoms with Gasteiger partial charge in [0.05, 0.1) is 37.1 Å². The first-order valence-corrected chi connectivity index (χ1v) is 18.4. The van der Waals surface area contributed by atoms with E-state index in [1.807, 2.05) is 4.90 Å². The Kier molecular flexibility index (Phi) is 7.05. The molecule has 0 radical (unpaired) electrons. The molecule has 2 heterocycles. The van der Waals surface area contributed by atoms with E-state index in [4.69, 9.17) is 14.2 Å². The summed E-state index contributed by atoms with van der Waals surface area (Å²) in [6.07, 6.45) is 14.3. The van der Waals surface area contributed by atoms with E-state index in [2.05, 4.69) is 20.8 Å². The van der Waals surface area contributed by atoms with Crippen LogP contribution in [0.4, 0.5) is 0 Å². The van der Waals surface area contributed by atoms with Crippen LogP contribution in [0, 0.1) is 51.2 Å². The number of amides is 1. The molecule has 2 saturated heterocycles. The number of morpholine rings is 1. The third kappa shape index (κ3) is 4.48. The molecule has 1 amide bonds. The number of hydrogen-bond donors (Lipinski definition) is 2. The molecule has 0 bridgehead atoms. The highest BCUT2D eigenvalue weighted by Gasteiger charge is 2.80.